The van der Waals surface area contributed by atoms with Crippen LogP contribution in [-0.2, 0) is 20.9 Å². The van der Waals surface area contributed by atoms with Gasteiger partial charge in [0.25, 0.3) is 11.8 Å². The molecule has 0 heterocycles. The maximum atomic E-state index is 12.7. The molecule has 2 aromatic rings. The van der Waals surface area contributed by atoms with Gasteiger partial charge in [-0.05, 0) is 35.2 Å². The third-order valence-corrected chi connectivity index (χ3v) is 5.31. The molecule has 0 bridgehead atoms. The Morgan fingerprint density at radius 3 is 2.29 bits per heavy atom. The van der Waals surface area contributed by atoms with E-state index in [1.54, 1.807) is 0 Å². The third kappa shape index (κ3) is 6.21. The van der Waals surface area contributed by atoms with Crippen molar-refractivity contribution in [3.05, 3.63) is 59.5 Å². The Bertz CT molecular complexity index is 996. The normalized spacial score (nSPS) is 15.1. The van der Waals surface area contributed by atoms with Crippen LogP contribution in [0.3, 0.4) is 0 Å². The van der Waals surface area contributed by atoms with Crippen molar-refractivity contribution in [3.8, 4) is 0 Å². The SMILES string of the molecule is O=C(O)CNC(=O)C(C(=O)NC1CCCCC1)=C(O)NCc1ccc2ccccc2c1. The van der Waals surface area contributed by atoms with E-state index in [0.29, 0.717) is 0 Å². The number of carboxylic acids is 1. The number of rotatable bonds is 8. The average Bonchev–Trinajstić information content (AvgIpc) is 2.77. The summed E-state index contributed by atoms with van der Waals surface area (Å²) >= 11 is 0. The van der Waals surface area contributed by atoms with Crippen LogP contribution in [0.5, 0.6) is 0 Å². The second-order valence-electron chi connectivity index (χ2n) is 7.64. The first-order valence-electron chi connectivity index (χ1n) is 10.4. The number of carbonyl (C=O) groups excluding carboxylic acids is 2. The number of nitrogens with one attached hydrogen (secondary N) is 3. The second-order valence-corrected chi connectivity index (χ2v) is 7.64. The fourth-order valence-corrected chi connectivity index (χ4v) is 3.69. The lowest BCUT2D eigenvalue weighted by atomic mass is 9.95. The molecule has 1 aliphatic rings. The van der Waals surface area contributed by atoms with Gasteiger partial charge in [0.2, 0.25) is 5.88 Å². The minimum absolute atomic E-state index is 0.0724. The first-order chi connectivity index (χ1) is 14.9. The van der Waals surface area contributed by atoms with Crippen LogP contribution in [0.1, 0.15) is 37.7 Å². The Morgan fingerprint density at radius 2 is 1.58 bits per heavy atom. The predicted molar refractivity (Wildman–Crippen MR) is 116 cm³/mol. The van der Waals surface area contributed by atoms with Crippen molar-refractivity contribution in [3.63, 3.8) is 0 Å². The van der Waals surface area contributed by atoms with Gasteiger partial charge in [0.15, 0.2) is 5.57 Å². The molecular formula is C23H27N3O5. The monoisotopic (exact) mass is 425 g/mol. The zero-order valence-electron chi connectivity index (χ0n) is 17.2. The second kappa shape index (κ2) is 10.5. The lowest BCUT2D eigenvalue weighted by Gasteiger charge is -2.23. The van der Waals surface area contributed by atoms with Gasteiger partial charge >= 0.3 is 5.97 Å². The van der Waals surface area contributed by atoms with Gasteiger partial charge in [0.1, 0.15) is 6.54 Å². The molecule has 3 rings (SSSR count). The molecule has 0 spiro atoms. The lowest BCUT2D eigenvalue weighted by molar-refractivity contribution is -0.138. The van der Waals surface area contributed by atoms with Crippen LogP contribution in [0.4, 0.5) is 0 Å². The minimum Gasteiger partial charge on any atom is -0.494 e. The Labute approximate surface area is 180 Å². The van der Waals surface area contributed by atoms with E-state index in [1.165, 1.54) is 0 Å². The van der Waals surface area contributed by atoms with Crippen molar-refractivity contribution >= 4 is 28.6 Å². The summed E-state index contributed by atoms with van der Waals surface area (Å²) in [6.45, 7) is -0.472. The summed E-state index contributed by atoms with van der Waals surface area (Å²) < 4.78 is 0. The molecule has 1 saturated carbocycles. The zero-order valence-corrected chi connectivity index (χ0v) is 17.2. The molecule has 2 aromatic carbocycles. The Morgan fingerprint density at radius 1 is 0.871 bits per heavy atom. The summed E-state index contributed by atoms with van der Waals surface area (Å²) in [5.41, 5.74) is 0.329. The predicted octanol–water partition coefficient (Wildman–Crippen LogP) is 2.35. The van der Waals surface area contributed by atoms with Crippen LogP contribution in [0, 0.1) is 0 Å². The molecule has 0 atom stereocenters. The van der Waals surface area contributed by atoms with E-state index >= 15 is 0 Å². The maximum Gasteiger partial charge on any atom is 0.322 e. The van der Waals surface area contributed by atoms with Crippen molar-refractivity contribution in [2.24, 2.45) is 0 Å². The molecule has 164 valence electrons. The maximum absolute atomic E-state index is 12.7. The first-order valence-corrected chi connectivity index (χ1v) is 10.4. The fourth-order valence-electron chi connectivity index (χ4n) is 3.69. The number of aliphatic hydroxyl groups excluding tert-OH is 1. The van der Waals surface area contributed by atoms with Gasteiger partial charge in [-0.15, -0.1) is 0 Å². The highest BCUT2D eigenvalue weighted by molar-refractivity contribution is 6.19. The molecule has 0 aliphatic heterocycles. The van der Waals surface area contributed by atoms with Crippen LogP contribution in [0.15, 0.2) is 53.9 Å². The number of hydrogen-bond acceptors (Lipinski definition) is 5. The number of aliphatic carboxylic acids is 1. The average molecular weight is 425 g/mol. The number of carbonyl (C=O) groups is 3. The van der Waals surface area contributed by atoms with E-state index in [9.17, 15) is 19.5 Å². The van der Waals surface area contributed by atoms with Gasteiger partial charge in [-0.25, -0.2) is 0 Å². The Hall–Kier alpha value is -3.55. The summed E-state index contributed by atoms with van der Waals surface area (Å²) in [5, 5.41) is 29.1. The quantitative estimate of drug-likeness (QED) is 0.191. The smallest absolute Gasteiger partial charge is 0.322 e. The Kier molecular flexibility index (Phi) is 7.48. The van der Waals surface area contributed by atoms with Gasteiger partial charge in [0.05, 0.1) is 0 Å². The number of carboxylic acid groups (broad SMARTS) is 1. The molecular weight excluding hydrogens is 398 g/mol. The third-order valence-electron chi connectivity index (χ3n) is 5.31. The first kappa shape index (κ1) is 22.1. The van der Waals surface area contributed by atoms with E-state index in [2.05, 4.69) is 16.0 Å². The molecule has 0 saturated heterocycles. The highest BCUT2D eigenvalue weighted by Crippen LogP contribution is 2.18. The van der Waals surface area contributed by atoms with E-state index in [0.717, 1.165) is 48.4 Å². The molecule has 5 N–H and O–H groups in total. The van der Waals surface area contributed by atoms with Gasteiger partial charge in [-0.3, -0.25) is 14.4 Å². The topological polar surface area (TPSA) is 128 Å². The summed E-state index contributed by atoms with van der Waals surface area (Å²) in [5.74, 6) is -3.51. The molecule has 0 unspecified atom stereocenters. The summed E-state index contributed by atoms with van der Waals surface area (Å²) in [6, 6.07) is 13.5. The largest absolute Gasteiger partial charge is 0.494 e. The van der Waals surface area contributed by atoms with E-state index < -0.39 is 35.8 Å². The Balaban J connectivity index is 1.75. The van der Waals surface area contributed by atoms with Crippen LogP contribution < -0.4 is 16.0 Å². The fraction of sp³-hybridized carbons (Fsp3) is 0.348. The van der Waals surface area contributed by atoms with Crippen molar-refractivity contribution < 1.29 is 24.6 Å². The molecule has 8 nitrogen and oxygen atoms in total. The van der Waals surface area contributed by atoms with Gasteiger partial charge in [0, 0.05) is 12.6 Å². The van der Waals surface area contributed by atoms with Crippen molar-refractivity contribution in [1.82, 2.24) is 16.0 Å². The highest BCUT2D eigenvalue weighted by Gasteiger charge is 2.27. The number of fused-ring (bicyclic) bond motifs is 1. The minimum atomic E-state index is -1.25. The van der Waals surface area contributed by atoms with Crippen LogP contribution >= 0.6 is 0 Å². The van der Waals surface area contributed by atoms with Crippen LogP contribution in [0.2, 0.25) is 0 Å². The molecule has 2 amide bonds. The molecule has 0 radical (unpaired) electrons. The highest BCUT2D eigenvalue weighted by atomic mass is 16.4. The van der Waals surface area contributed by atoms with Crippen molar-refractivity contribution in [2.45, 2.75) is 44.7 Å². The molecule has 31 heavy (non-hydrogen) atoms. The van der Waals surface area contributed by atoms with Gasteiger partial charge in [-0.2, -0.15) is 0 Å². The van der Waals surface area contributed by atoms with E-state index in [-0.39, 0.29) is 12.6 Å². The van der Waals surface area contributed by atoms with E-state index in [1.807, 2.05) is 42.5 Å². The number of amides is 2. The van der Waals surface area contributed by atoms with Crippen LogP contribution in [0.25, 0.3) is 10.8 Å². The standard InChI is InChI=1S/C23H27N3O5/c27-19(28)14-25-22(30)20(23(31)26-18-8-2-1-3-9-18)21(29)24-13-15-10-11-16-6-4-5-7-17(16)12-15/h4-7,10-12,18,24,29H,1-3,8-9,13-14H2,(H,25,30)(H,26,31)(H,27,28). The number of aliphatic hydroxyl groups is 1. The molecule has 8 heteroatoms. The zero-order chi connectivity index (χ0) is 22.2. The summed E-state index contributed by atoms with van der Waals surface area (Å²) in [7, 11) is 0. The summed E-state index contributed by atoms with van der Waals surface area (Å²) in [4.78, 5) is 36.0. The number of benzene rings is 2. The summed E-state index contributed by atoms with van der Waals surface area (Å²) in [6.07, 6.45) is 4.69. The molecule has 0 aromatic heterocycles. The number of hydrogen-bond donors (Lipinski definition) is 5. The lowest BCUT2D eigenvalue weighted by Crippen LogP contribution is -2.43. The van der Waals surface area contributed by atoms with E-state index in [4.69, 9.17) is 5.11 Å². The molecule has 1 fully saturated rings. The van der Waals surface area contributed by atoms with Crippen molar-refractivity contribution in [2.75, 3.05) is 6.54 Å². The van der Waals surface area contributed by atoms with Gasteiger partial charge < -0.3 is 26.2 Å². The van der Waals surface area contributed by atoms with Gasteiger partial charge in [-0.1, -0.05) is 55.7 Å². The van der Waals surface area contributed by atoms with Crippen molar-refractivity contribution in [1.29, 1.82) is 0 Å². The van der Waals surface area contributed by atoms with Crippen LogP contribution in [-0.4, -0.2) is 40.6 Å². The molecule has 1 aliphatic carbocycles.